The molecule has 1 amide bonds. The molecule has 1 fully saturated rings. The van der Waals surface area contributed by atoms with Gasteiger partial charge in [0.2, 0.25) is 5.91 Å². The molecular formula is C12H13NO4S. The van der Waals surface area contributed by atoms with Crippen molar-refractivity contribution in [2.24, 2.45) is 0 Å². The summed E-state index contributed by atoms with van der Waals surface area (Å²) in [4.78, 5) is 37.0. The molecule has 1 saturated heterocycles. The highest BCUT2D eigenvalue weighted by atomic mass is 32.1. The largest absolute Gasteiger partial charge is 0.462 e. The number of nitrogens with zero attached hydrogens (tertiary/aromatic N) is 1. The average Bonchev–Trinajstić information content (AvgIpc) is 2.82. The molecule has 2 heterocycles. The molecule has 0 N–H and O–H groups in total. The van der Waals surface area contributed by atoms with Crippen molar-refractivity contribution in [2.75, 3.05) is 18.1 Å². The van der Waals surface area contributed by atoms with Gasteiger partial charge in [-0.1, -0.05) is 0 Å². The first kappa shape index (κ1) is 12.8. The maximum atomic E-state index is 11.8. The van der Waals surface area contributed by atoms with E-state index in [-0.39, 0.29) is 31.3 Å². The Bertz CT molecular complexity index is 520. The molecule has 18 heavy (non-hydrogen) atoms. The molecule has 0 radical (unpaired) electrons. The van der Waals surface area contributed by atoms with Gasteiger partial charge in [-0.25, -0.2) is 4.79 Å². The Labute approximate surface area is 108 Å². The molecule has 0 atom stereocenters. The summed E-state index contributed by atoms with van der Waals surface area (Å²) in [7, 11) is 0. The van der Waals surface area contributed by atoms with Crippen LogP contribution in [0.5, 0.6) is 0 Å². The van der Waals surface area contributed by atoms with Gasteiger partial charge in [-0.15, -0.1) is 11.3 Å². The zero-order valence-corrected chi connectivity index (χ0v) is 11.0. The van der Waals surface area contributed by atoms with E-state index >= 15 is 0 Å². The molecule has 1 aliphatic heterocycles. The molecule has 1 aliphatic rings. The van der Waals surface area contributed by atoms with E-state index in [4.69, 9.17) is 4.74 Å². The zero-order chi connectivity index (χ0) is 13.3. The van der Waals surface area contributed by atoms with Crippen LogP contribution in [0.3, 0.4) is 0 Å². The normalized spacial score (nSPS) is 15.3. The molecule has 0 saturated carbocycles. The third-order valence-electron chi connectivity index (χ3n) is 2.56. The topological polar surface area (TPSA) is 63.7 Å². The second kappa shape index (κ2) is 4.89. The van der Waals surface area contributed by atoms with Gasteiger partial charge in [-0.05, 0) is 19.9 Å². The van der Waals surface area contributed by atoms with Crippen LogP contribution in [0.25, 0.3) is 0 Å². The molecule has 1 aromatic rings. The molecule has 0 spiro atoms. The molecule has 96 valence electrons. The molecule has 0 bridgehead atoms. The van der Waals surface area contributed by atoms with Crippen LogP contribution in [0.1, 0.15) is 28.6 Å². The summed E-state index contributed by atoms with van der Waals surface area (Å²) >= 11 is 1.32. The van der Waals surface area contributed by atoms with Gasteiger partial charge >= 0.3 is 5.97 Å². The fraction of sp³-hybridized carbons (Fsp3) is 0.417. The van der Waals surface area contributed by atoms with E-state index in [0.717, 1.165) is 4.88 Å². The van der Waals surface area contributed by atoms with Crippen LogP contribution in [0.2, 0.25) is 0 Å². The van der Waals surface area contributed by atoms with Gasteiger partial charge in [0.25, 0.3) is 0 Å². The summed E-state index contributed by atoms with van der Waals surface area (Å²) in [6.45, 7) is 3.89. The first-order chi connectivity index (χ1) is 8.52. The van der Waals surface area contributed by atoms with E-state index in [1.165, 1.54) is 16.2 Å². The molecule has 6 heteroatoms. The summed E-state index contributed by atoms with van der Waals surface area (Å²) < 4.78 is 4.95. The standard InChI is InChI=1S/C12H13NO4S/c1-3-17-12(16)9-4-7(2)18-11(9)13-6-8(14)5-10(13)15/h4H,3,5-6H2,1-2H3. The predicted molar refractivity (Wildman–Crippen MR) is 67.0 cm³/mol. The number of hydrogen-bond acceptors (Lipinski definition) is 5. The van der Waals surface area contributed by atoms with Crippen molar-refractivity contribution in [3.63, 3.8) is 0 Å². The minimum Gasteiger partial charge on any atom is -0.462 e. The Kier molecular flexibility index (Phi) is 3.47. The highest BCUT2D eigenvalue weighted by Crippen LogP contribution is 2.33. The number of anilines is 1. The smallest absolute Gasteiger partial charge is 0.341 e. The van der Waals surface area contributed by atoms with E-state index in [1.807, 2.05) is 6.92 Å². The summed E-state index contributed by atoms with van der Waals surface area (Å²) in [6, 6.07) is 1.69. The van der Waals surface area contributed by atoms with Crippen molar-refractivity contribution in [3.05, 3.63) is 16.5 Å². The van der Waals surface area contributed by atoms with Gasteiger partial charge in [0.15, 0.2) is 5.78 Å². The van der Waals surface area contributed by atoms with Crippen molar-refractivity contribution in [2.45, 2.75) is 20.3 Å². The SMILES string of the molecule is CCOC(=O)c1cc(C)sc1N1CC(=O)CC1=O. The highest BCUT2D eigenvalue weighted by molar-refractivity contribution is 7.16. The lowest BCUT2D eigenvalue weighted by atomic mass is 10.3. The predicted octanol–water partition coefficient (Wildman–Crippen LogP) is 1.54. The third kappa shape index (κ3) is 2.28. The summed E-state index contributed by atoms with van der Waals surface area (Å²) in [6.07, 6.45) is -0.0841. The summed E-state index contributed by atoms with van der Waals surface area (Å²) in [5.41, 5.74) is 0.363. The summed E-state index contributed by atoms with van der Waals surface area (Å²) in [5, 5.41) is 0.516. The van der Waals surface area contributed by atoms with Gasteiger partial charge in [0.05, 0.1) is 25.1 Å². The van der Waals surface area contributed by atoms with Crippen LogP contribution in [0.4, 0.5) is 5.00 Å². The second-order valence-electron chi connectivity index (χ2n) is 3.99. The van der Waals surface area contributed by atoms with Crippen LogP contribution >= 0.6 is 11.3 Å². The van der Waals surface area contributed by atoms with Gasteiger partial charge in [0.1, 0.15) is 5.00 Å². The Balaban J connectivity index is 2.36. The van der Waals surface area contributed by atoms with Crippen LogP contribution in [0, 0.1) is 6.92 Å². The van der Waals surface area contributed by atoms with E-state index in [1.54, 1.807) is 13.0 Å². The minimum absolute atomic E-state index is 0.0468. The van der Waals surface area contributed by atoms with Crippen molar-refractivity contribution in [1.29, 1.82) is 0 Å². The molecule has 5 nitrogen and oxygen atoms in total. The lowest BCUT2D eigenvalue weighted by Gasteiger charge is -2.13. The molecule has 2 rings (SSSR count). The van der Waals surface area contributed by atoms with Crippen molar-refractivity contribution in [3.8, 4) is 0 Å². The van der Waals surface area contributed by atoms with Crippen LogP contribution in [0.15, 0.2) is 6.07 Å². The lowest BCUT2D eigenvalue weighted by Crippen LogP contribution is -2.25. The number of ether oxygens (including phenoxy) is 1. The average molecular weight is 267 g/mol. The number of esters is 1. The van der Waals surface area contributed by atoms with Crippen molar-refractivity contribution < 1.29 is 19.1 Å². The number of carbonyl (C=O) groups excluding carboxylic acids is 3. The van der Waals surface area contributed by atoms with E-state index in [9.17, 15) is 14.4 Å². The number of hydrogen-bond donors (Lipinski definition) is 0. The van der Waals surface area contributed by atoms with Crippen LogP contribution in [-0.2, 0) is 14.3 Å². The Morgan fingerprint density at radius 1 is 1.50 bits per heavy atom. The van der Waals surface area contributed by atoms with E-state index < -0.39 is 5.97 Å². The molecule has 1 aromatic heterocycles. The Morgan fingerprint density at radius 2 is 2.22 bits per heavy atom. The first-order valence-electron chi connectivity index (χ1n) is 5.62. The molecule has 0 unspecified atom stereocenters. The number of aryl methyl sites for hydroxylation is 1. The van der Waals surface area contributed by atoms with Gasteiger partial charge < -0.3 is 4.74 Å². The fourth-order valence-electron chi connectivity index (χ4n) is 1.83. The van der Waals surface area contributed by atoms with E-state index in [0.29, 0.717) is 10.6 Å². The van der Waals surface area contributed by atoms with Gasteiger partial charge in [-0.2, -0.15) is 0 Å². The maximum absolute atomic E-state index is 11.8. The number of Topliss-reactive ketones (excluding diaryl/α,β-unsaturated/α-hetero) is 1. The molecular weight excluding hydrogens is 254 g/mol. The number of carbonyl (C=O) groups is 3. The lowest BCUT2D eigenvalue weighted by molar-refractivity contribution is -0.121. The number of amides is 1. The van der Waals surface area contributed by atoms with E-state index in [2.05, 4.69) is 0 Å². The van der Waals surface area contributed by atoms with Gasteiger partial charge in [0, 0.05) is 4.88 Å². The quantitative estimate of drug-likeness (QED) is 0.615. The Hall–Kier alpha value is -1.69. The number of rotatable bonds is 3. The first-order valence-corrected chi connectivity index (χ1v) is 6.44. The highest BCUT2D eigenvalue weighted by Gasteiger charge is 2.32. The number of ketones is 1. The monoisotopic (exact) mass is 267 g/mol. The zero-order valence-electron chi connectivity index (χ0n) is 10.2. The third-order valence-corrected chi connectivity index (χ3v) is 3.63. The molecule has 0 aliphatic carbocycles. The second-order valence-corrected chi connectivity index (χ2v) is 5.23. The number of thiophene rings is 1. The molecule has 0 aromatic carbocycles. The fourth-order valence-corrected chi connectivity index (χ4v) is 2.84. The van der Waals surface area contributed by atoms with Crippen LogP contribution in [-0.4, -0.2) is 30.8 Å². The van der Waals surface area contributed by atoms with Crippen LogP contribution < -0.4 is 4.90 Å². The minimum atomic E-state index is -0.455. The summed E-state index contributed by atoms with van der Waals surface area (Å²) in [5.74, 6) is -0.836. The van der Waals surface area contributed by atoms with Gasteiger partial charge in [-0.3, -0.25) is 14.5 Å². The van der Waals surface area contributed by atoms with Crippen molar-refractivity contribution >= 4 is 34.0 Å². The Morgan fingerprint density at radius 3 is 2.78 bits per heavy atom. The van der Waals surface area contributed by atoms with Crippen molar-refractivity contribution in [1.82, 2.24) is 0 Å². The maximum Gasteiger partial charge on any atom is 0.341 e.